The molecular formula is C18H20FNOS. The number of nitrogens with one attached hydrogen (secondary N) is 1. The van der Waals surface area contributed by atoms with Crippen LogP contribution in [0.15, 0.2) is 53.4 Å². The molecule has 1 unspecified atom stereocenters. The van der Waals surface area contributed by atoms with E-state index in [4.69, 9.17) is 0 Å². The molecule has 0 fully saturated rings. The van der Waals surface area contributed by atoms with Crippen molar-refractivity contribution in [2.45, 2.75) is 29.8 Å². The Bertz CT molecular complexity index is 620. The van der Waals surface area contributed by atoms with E-state index in [2.05, 4.69) is 17.4 Å². The Balaban J connectivity index is 1.84. The molecule has 1 aliphatic heterocycles. The van der Waals surface area contributed by atoms with Crippen molar-refractivity contribution in [2.24, 2.45) is 0 Å². The minimum Gasteiger partial charge on any atom is -0.396 e. The zero-order chi connectivity index (χ0) is 15.4. The van der Waals surface area contributed by atoms with Crippen LogP contribution in [0.25, 0.3) is 0 Å². The SMILES string of the molecule is OCC[C@@H](NC1CCSc2ccc(F)cc21)c1ccccc1. The van der Waals surface area contributed by atoms with Gasteiger partial charge in [0.25, 0.3) is 0 Å². The maximum atomic E-state index is 13.6. The molecule has 22 heavy (non-hydrogen) atoms. The fourth-order valence-electron chi connectivity index (χ4n) is 2.94. The number of hydrogen-bond donors (Lipinski definition) is 2. The van der Waals surface area contributed by atoms with Crippen molar-refractivity contribution in [3.63, 3.8) is 0 Å². The van der Waals surface area contributed by atoms with Crippen LogP contribution in [-0.2, 0) is 0 Å². The van der Waals surface area contributed by atoms with E-state index in [-0.39, 0.29) is 24.5 Å². The molecule has 0 spiro atoms. The van der Waals surface area contributed by atoms with Crippen LogP contribution in [0.5, 0.6) is 0 Å². The number of thioether (sulfide) groups is 1. The van der Waals surface area contributed by atoms with Crippen molar-refractivity contribution < 1.29 is 9.50 Å². The van der Waals surface area contributed by atoms with Crippen LogP contribution in [-0.4, -0.2) is 17.5 Å². The molecule has 2 atom stereocenters. The van der Waals surface area contributed by atoms with E-state index in [1.807, 2.05) is 24.3 Å². The third-order valence-electron chi connectivity index (χ3n) is 4.03. The second-order valence-corrected chi connectivity index (χ2v) is 6.65. The fourth-order valence-corrected chi connectivity index (χ4v) is 4.05. The summed E-state index contributed by atoms with van der Waals surface area (Å²) in [5.74, 6) is 0.836. The molecule has 3 rings (SSSR count). The Morgan fingerprint density at radius 3 is 2.82 bits per heavy atom. The Morgan fingerprint density at radius 1 is 1.23 bits per heavy atom. The lowest BCUT2D eigenvalue weighted by atomic mass is 9.98. The average Bonchev–Trinajstić information content (AvgIpc) is 2.56. The van der Waals surface area contributed by atoms with Gasteiger partial charge >= 0.3 is 0 Å². The second-order valence-electron chi connectivity index (χ2n) is 5.51. The number of rotatable bonds is 5. The van der Waals surface area contributed by atoms with Crippen molar-refractivity contribution in [2.75, 3.05) is 12.4 Å². The van der Waals surface area contributed by atoms with Gasteiger partial charge in [-0.3, -0.25) is 0 Å². The molecule has 2 aromatic carbocycles. The minimum absolute atomic E-state index is 0.0791. The first-order chi connectivity index (χ1) is 10.8. The molecule has 2 aromatic rings. The van der Waals surface area contributed by atoms with Crippen LogP contribution >= 0.6 is 11.8 Å². The number of aliphatic hydroxyl groups excluding tert-OH is 1. The van der Waals surface area contributed by atoms with Gasteiger partial charge in [-0.15, -0.1) is 11.8 Å². The van der Waals surface area contributed by atoms with E-state index in [1.54, 1.807) is 17.8 Å². The van der Waals surface area contributed by atoms with E-state index < -0.39 is 0 Å². The maximum Gasteiger partial charge on any atom is 0.123 e. The average molecular weight is 317 g/mol. The first-order valence-electron chi connectivity index (χ1n) is 7.62. The largest absolute Gasteiger partial charge is 0.396 e. The zero-order valence-corrected chi connectivity index (χ0v) is 13.2. The molecule has 4 heteroatoms. The molecule has 0 saturated carbocycles. The van der Waals surface area contributed by atoms with E-state index in [1.165, 1.54) is 6.07 Å². The summed E-state index contributed by atoms with van der Waals surface area (Å²) in [6.45, 7) is 0.129. The summed E-state index contributed by atoms with van der Waals surface area (Å²) < 4.78 is 13.6. The molecule has 0 bridgehead atoms. The fraction of sp³-hybridized carbons (Fsp3) is 0.333. The number of benzene rings is 2. The van der Waals surface area contributed by atoms with Gasteiger partial charge in [0.1, 0.15) is 5.82 Å². The summed E-state index contributed by atoms with van der Waals surface area (Å²) in [4.78, 5) is 1.15. The Hall–Kier alpha value is -1.36. The molecule has 0 saturated heterocycles. The normalized spacial score (nSPS) is 18.7. The van der Waals surface area contributed by atoms with Gasteiger partial charge in [-0.25, -0.2) is 4.39 Å². The van der Waals surface area contributed by atoms with Crippen molar-refractivity contribution in [3.05, 3.63) is 65.5 Å². The maximum absolute atomic E-state index is 13.6. The van der Waals surface area contributed by atoms with Gasteiger partial charge in [-0.2, -0.15) is 0 Å². The monoisotopic (exact) mass is 317 g/mol. The highest BCUT2D eigenvalue weighted by Gasteiger charge is 2.24. The molecule has 2 nitrogen and oxygen atoms in total. The quantitative estimate of drug-likeness (QED) is 0.871. The van der Waals surface area contributed by atoms with Crippen molar-refractivity contribution in [1.29, 1.82) is 0 Å². The van der Waals surface area contributed by atoms with E-state index >= 15 is 0 Å². The smallest absolute Gasteiger partial charge is 0.123 e. The molecule has 2 N–H and O–H groups in total. The summed E-state index contributed by atoms with van der Waals surface area (Å²) in [5.41, 5.74) is 2.20. The number of fused-ring (bicyclic) bond motifs is 1. The van der Waals surface area contributed by atoms with Gasteiger partial charge in [0, 0.05) is 23.6 Å². The molecule has 116 valence electrons. The minimum atomic E-state index is -0.188. The van der Waals surface area contributed by atoms with Gasteiger partial charge < -0.3 is 10.4 Å². The number of halogens is 1. The second kappa shape index (κ2) is 7.27. The van der Waals surface area contributed by atoms with Crippen LogP contribution in [0.2, 0.25) is 0 Å². The Morgan fingerprint density at radius 2 is 2.05 bits per heavy atom. The highest BCUT2D eigenvalue weighted by atomic mass is 32.2. The van der Waals surface area contributed by atoms with E-state index in [0.717, 1.165) is 28.2 Å². The molecule has 1 aliphatic rings. The topological polar surface area (TPSA) is 32.3 Å². The summed E-state index contributed by atoms with van der Waals surface area (Å²) in [6, 6.07) is 15.4. The van der Waals surface area contributed by atoms with Crippen molar-refractivity contribution in [1.82, 2.24) is 5.32 Å². The van der Waals surface area contributed by atoms with E-state index in [9.17, 15) is 9.50 Å². The van der Waals surface area contributed by atoms with Crippen LogP contribution in [0.1, 0.15) is 36.1 Å². The van der Waals surface area contributed by atoms with Gasteiger partial charge in [-0.05, 0) is 47.9 Å². The zero-order valence-electron chi connectivity index (χ0n) is 12.3. The molecular weight excluding hydrogens is 297 g/mol. The van der Waals surface area contributed by atoms with Gasteiger partial charge in [0.15, 0.2) is 0 Å². The Labute approximate surface area is 134 Å². The molecule has 0 amide bonds. The van der Waals surface area contributed by atoms with Crippen molar-refractivity contribution in [3.8, 4) is 0 Å². The summed E-state index contributed by atoms with van der Waals surface area (Å²) >= 11 is 1.78. The van der Waals surface area contributed by atoms with Crippen LogP contribution in [0, 0.1) is 5.82 Å². The van der Waals surface area contributed by atoms with Crippen molar-refractivity contribution >= 4 is 11.8 Å². The van der Waals surface area contributed by atoms with Gasteiger partial charge in [-0.1, -0.05) is 30.3 Å². The lowest BCUT2D eigenvalue weighted by Crippen LogP contribution is -2.29. The summed E-state index contributed by atoms with van der Waals surface area (Å²) in [5, 5.41) is 13.0. The van der Waals surface area contributed by atoms with Gasteiger partial charge in [0.2, 0.25) is 0 Å². The predicted octanol–water partition coefficient (Wildman–Crippen LogP) is 4.08. The lowest BCUT2D eigenvalue weighted by Gasteiger charge is -2.30. The van der Waals surface area contributed by atoms with Crippen LogP contribution in [0.4, 0.5) is 4.39 Å². The van der Waals surface area contributed by atoms with Crippen LogP contribution < -0.4 is 5.32 Å². The summed E-state index contributed by atoms with van der Waals surface area (Å²) in [6.07, 6.45) is 1.62. The first-order valence-corrected chi connectivity index (χ1v) is 8.60. The lowest BCUT2D eigenvalue weighted by molar-refractivity contribution is 0.257. The third-order valence-corrected chi connectivity index (χ3v) is 5.16. The van der Waals surface area contributed by atoms with Crippen LogP contribution in [0.3, 0.4) is 0 Å². The number of aliphatic hydroxyl groups is 1. The number of hydrogen-bond acceptors (Lipinski definition) is 3. The molecule has 0 aliphatic carbocycles. The first kappa shape index (κ1) is 15.5. The Kier molecular flexibility index (Phi) is 5.13. The molecule has 0 radical (unpaired) electrons. The van der Waals surface area contributed by atoms with Gasteiger partial charge in [0.05, 0.1) is 0 Å². The predicted molar refractivity (Wildman–Crippen MR) is 88.5 cm³/mol. The third kappa shape index (κ3) is 3.51. The molecule has 0 aromatic heterocycles. The summed E-state index contributed by atoms with van der Waals surface area (Å²) in [7, 11) is 0. The molecule has 1 heterocycles. The highest BCUT2D eigenvalue weighted by molar-refractivity contribution is 7.99. The van der Waals surface area contributed by atoms with E-state index in [0.29, 0.717) is 6.42 Å². The highest BCUT2D eigenvalue weighted by Crippen LogP contribution is 2.38. The standard InChI is InChI=1S/C18H20FNOS/c19-14-6-7-18-15(12-14)17(9-11-22-18)20-16(8-10-21)13-4-2-1-3-5-13/h1-7,12,16-17,20-21H,8-11H2/t16-,17?/m1/s1.